The summed E-state index contributed by atoms with van der Waals surface area (Å²) < 4.78 is 0. The number of pyridine rings is 1. The first-order valence-electron chi connectivity index (χ1n) is 8.62. The van der Waals surface area contributed by atoms with Crippen molar-refractivity contribution in [3.05, 3.63) is 73.1 Å². The molecule has 3 aromatic carbocycles. The Hall–Kier alpha value is -3.66. The molecule has 122 valence electrons. The van der Waals surface area contributed by atoms with Gasteiger partial charge in [-0.1, -0.05) is 48.5 Å². The van der Waals surface area contributed by atoms with Crippen molar-refractivity contribution in [2.75, 3.05) is 0 Å². The van der Waals surface area contributed by atoms with Crippen molar-refractivity contribution in [1.82, 2.24) is 19.9 Å². The second kappa shape index (κ2) is 4.92. The molecule has 3 heterocycles. The molecule has 6 aromatic rings. The Balaban J connectivity index is 1.78. The lowest BCUT2D eigenvalue weighted by Gasteiger charge is -2.05. The number of H-pyrrole nitrogens is 2. The predicted octanol–water partition coefficient (Wildman–Crippen LogP) is 5.41. The first-order chi connectivity index (χ1) is 12.9. The molecule has 0 unspecified atom stereocenters. The SMILES string of the molecule is c1cnc2[nH]cc(-c3nc4c5ccccc5c5ccccc5c4[nH]3)c2c1. The molecule has 2 N–H and O–H groups in total. The highest BCUT2D eigenvalue weighted by Gasteiger charge is 2.15. The van der Waals surface area contributed by atoms with Crippen molar-refractivity contribution < 1.29 is 0 Å². The summed E-state index contributed by atoms with van der Waals surface area (Å²) in [6, 6.07) is 21.0. The number of aromatic nitrogens is 4. The Morgan fingerprint density at radius 1 is 0.692 bits per heavy atom. The van der Waals surface area contributed by atoms with Crippen LogP contribution in [-0.4, -0.2) is 19.9 Å². The van der Waals surface area contributed by atoms with Crippen LogP contribution in [0.1, 0.15) is 0 Å². The van der Waals surface area contributed by atoms with E-state index in [-0.39, 0.29) is 0 Å². The van der Waals surface area contributed by atoms with E-state index in [9.17, 15) is 0 Å². The molecule has 0 fully saturated rings. The van der Waals surface area contributed by atoms with E-state index in [1.54, 1.807) is 6.20 Å². The van der Waals surface area contributed by atoms with Crippen molar-refractivity contribution in [2.45, 2.75) is 0 Å². The molecule has 4 nitrogen and oxygen atoms in total. The highest BCUT2D eigenvalue weighted by molar-refractivity contribution is 6.23. The van der Waals surface area contributed by atoms with Crippen LogP contribution in [0.25, 0.3) is 55.0 Å². The maximum Gasteiger partial charge on any atom is 0.140 e. The van der Waals surface area contributed by atoms with E-state index in [0.717, 1.165) is 33.5 Å². The molecule has 0 aliphatic carbocycles. The summed E-state index contributed by atoms with van der Waals surface area (Å²) in [5.74, 6) is 0.862. The Bertz CT molecular complexity index is 1370. The fourth-order valence-electron chi connectivity index (χ4n) is 3.90. The molecule has 0 spiro atoms. The third-order valence-corrected chi connectivity index (χ3v) is 5.08. The van der Waals surface area contributed by atoms with Crippen LogP contribution in [0.15, 0.2) is 73.1 Å². The second-order valence-electron chi connectivity index (χ2n) is 6.50. The highest BCUT2D eigenvalue weighted by atomic mass is 14.9. The van der Waals surface area contributed by atoms with Gasteiger partial charge in [0, 0.05) is 34.1 Å². The van der Waals surface area contributed by atoms with Gasteiger partial charge in [0.05, 0.1) is 11.0 Å². The van der Waals surface area contributed by atoms with E-state index >= 15 is 0 Å². The number of rotatable bonds is 1. The Kier molecular flexibility index (Phi) is 2.58. The molecule has 3 aromatic heterocycles. The standard InChI is InChI=1S/C22H14N4/c1-3-8-15-13(6-1)14-7-2-4-9-16(14)20-19(15)25-22(26-20)18-12-24-21-17(18)10-5-11-23-21/h1-12H,(H,23,24)(H,25,26). The molecule has 0 amide bonds. The van der Waals surface area contributed by atoms with E-state index < -0.39 is 0 Å². The number of nitrogens with one attached hydrogen (secondary N) is 2. The van der Waals surface area contributed by atoms with Gasteiger partial charge in [-0.05, 0) is 22.9 Å². The Morgan fingerprint density at radius 3 is 2.23 bits per heavy atom. The normalized spacial score (nSPS) is 11.8. The maximum absolute atomic E-state index is 4.98. The van der Waals surface area contributed by atoms with Crippen LogP contribution in [0.2, 0.25) is 0 Å². The molecule has 0 saturated carbocycles. The molecule has 0 radical (unpaired) electrons. The number of hydrogen-bond acceptors (Lipinski definition) is 2. The van der Waals surface area contributed by atoms with E-state index in [2.05, 4.69) is 69.5 Å². The smallest absolute Gasteiger partial charge is 0.140 e. The lowest BCUT2D eigenvalue weighted by Crippen LogP contribution is -1.81. The van der Waals surface area contributed by atoms with E-state index in [4.69, 9.17) is 4.98 Å². The molecule has 0 aliphatic rings. The zero-order valence-electron chi connectivity index (χ0n) is 13.8. The van der Waals surface area contributed by atoms with Gasteiger partial charge in [0.1, 0.15) is 11.5 Å². The molecule has 26 heavy (non-hydrogen) atoms. The molecule has 0 saturated heterocycles. The minimum Gasteiger partial charge on any atom is -0.345 e. The lowest BCUT2D eigenvalue weighted by atomic mass is 10.0. The van der Waals surface area contributed by atoms with Crippen LogP contribution in [0.3, 0.4) is 0 Å². The molecular weight excluding hydrogens is 320 g/mol. The monoisotopic (exact) mass is 334 g/mol. The van der Waals surface area contributed by atoms with Gasteiger partial charge < -0.3 is 9.97 Å². The van der Waals surface area contributed by atoms with Gasteiger partial charge in [-0.25, -0.2) is 9.97 Å². The number of aromatic amines is 2. The maximum atomic E-state index is 4.98. The van der Waals surface area contributed by atoms with Gasteiger partial charge in [0.2, 0.25) is 0 Å². The van der Waals surface area contributed by atoms with E-state index in [1.165, 1.54) is 21.5 Å². The van der Waals surface area contributed by atoms with Gasteiger partial charge in [-0.3, -0.25) is 0 Å². The Labute approximate surface area is 148 Å². The molecule has 4 heteroatoms. The minimum atomic E-state index is 0.862. The van der Waals surface area contributed by atoms with Gasteiger partial charge >= 0.3 is 0 Å². The zero-order chi connectivity index (χ0) is 17.1. The van der Waals surface area contributed by atoms with Crippen LogP contribution in [0.4, 0.5) is 0 Å². The van der Waals surface area contributed by atoms with E-state index in [0.29, 0.717) is 0 Å². The number of fused-ring (bicyclic) bond motifs is 7. The summed E-state index contributed by atoms with van der Waals surface area (Å²) in [4.78, 5) is 16.2. The van der Waals surface area contributed by atoms with Gasteiger partial charge in [0.15, 0.2) is 0 Å². The van der Waals surface area contributed by atoms with Crippen molar-refractivity contribution in [1.29, 1.82) is 0 Å². The first-order valence-corrected chi connectivity index (χ1v) is 8.62. The van der Waals surface area contributed by atoms with E-state index in [1.807, 2.05) is 12.3 Å². The van der Waals surface area contributed by atoms with Crippen LogP contribution in [0.5, 0.6) is 0 Å². The van der Waals surface area contributed by atoms with Crippen LogP contribution < -0.4 is 0 Å². The third kappa shape index (κ3) is 1.73. The van der Waals surface area contributed by atoms with Crippen LogP contribution >= 0.6 is 0 Å². The second-order valence-corrected chi connectivity index (χ2v) is 6.50. The number of benzene rings is 3. The fraction of sp³-hybridized carbons (Fsp3) is 0. The van der Waals surface area contributed by atoms with Crippen LogP contribution in [-0.2, 0) is 0 Å². The zero-order valence-corrected chi connectivity index (χ0v) is 13.8. The minimum absolute atomic E-state index is 0.862. The summed E-state index contributed by atoms with van der Waals surface area (Å²) in [6.07, 6.45) is 3.77. The summed E-state index contributed by atoms with van der Waals surface area (Å²) in [6.45, 7) is 0. The van der Waals surface area contributed by atoms with Crippen molar-refractivity contribution in [2.24, 2.45) is 0 Å². The first kappa shape index (κ1) is 13.6. The van der Waals surface area contributed by atoms with Gasteiger partial charge in [0.25, 0.3) is 0 Å². The molecule has 0 aliphatic heterocycles. The molecule has 6 rings (SSSR count). The topological polar surface area (TPSA) is 57.4 Å². The number of nitrogens with zero attached hydrogens (tertiary/aromatic N) is 2. The summed E-state index contributed by atoms with van der Waals surface area (Å²) >= 11 is 0. The highest BCUT2D eigenvalue weighted by Crippen LogP contribution is 2.36. The summed E-state index contributed by atoms with van der Waals surface area (Å²) in [5.41, 5.74) is 4.00. The number of imidazole rings is 1. The molecular formula is C22H14N4. The van der Waals surface area contributed by atoms with Crippen LogP contribution in [0, 0.1) is 0 Å². The predicted molar refractivity (Wildman–Crippen MR) is 106 cm³/mol. The van der Waals surface area contributed by atoms with Crippen molar-refractivity contribution >= 4 is 43.6 Å². The largest absolute Gasteiger partial charge is 0.345 e. The van der Waals surface area contributed by atoms with Gasteiger partial charge in [-0.2, -0.15) is 0 Å². The summed E-state index contributed by atoms with van der Waals surface area (Å²) in [7, 11) is 0. The molecule has 0 atom stereocenters. The van der Waals surface area contributed by atoms with Crippen molar-refractivity contribution in [3.8, 4) is 11.4 Å². The summed E-state index contributed by atoms with van der Waals surface area (Å²) in [5, 5.41) is 5.90. The Morgan fingerprint density at radius 2 is 1.38 bits per heavy atom. The quantitative estimate of drug-likeness (QED) is 0.395. The average Bonchev–Trinajstić information content (AvgIpc) is 3.33. The lowest BCUT2D eigenvalue weighted by molar-refractivity contribution is 1.32. The number of hydrogen-bond donors (Lipinski definition) is 2. The molecule has 0 bridgehead atoms. The fourth-order valence-corrected chi connectivity index (χ4v) is 3.90. The van der Waals surface area contributed by atoms with Crippen molar-refractivity contribution in [3.63, 3.8) is 0 Å². The third-order valence-electron chi connectivity index (χ3n) is 5.08. The average molecular weight is 334 g/mol. The van der Waals surface area contributed by atoms with Gasteiger partial charge in [-0.15, -0.1) is 0 Å².